The quantitative estimate of drug-likeness (QED) is 0.158. The number of rotatable bonds is 11. The number of ketones is 1. The summed E-state index contributed by atoms with van der Waals surface area (Å²) in [7, 11) is -0.168. The smallest absolute Gasteiger partial charge is 0.355 e. The summed E-state index contributed by atoms with van der Waals surface area (Å²) in [5.74, 6) is -4.52. The first-order chi connectivity index (χ1) is 24.2. The fraction of sp³-hybridized carbons (Fsp3) is 0.444. The van der Waals surface area contributed by atoms with Crippen molar-refractivity contribution in [1.29, 1.82) is 0 Å². The van der Waals surface area contributed by atoms with Crippen molar-refractivity contribution in [2.45, 2.75) is 57.6 Å². The number of Topliss-reactive ketones (excluding diaryl/α,β-unsaturated/α-hetero) is 1. The molecule has 3 aliphatic heterocycles. The zero-order valence-electron chi connectivity index (χ0n) is 29.1. The molecule has 4 atom stereocenters. The summed E-state index contributed by atoms with van der Waals surface area (Å²) in [5.41, 5.74) is 1.83. The normalized spacial score (nSPS) is 21.2. The van der Waals surface area contributed by atoms with Gasteiger partial charge < -0.3 is 19.7 Å². The number of nitrogens with zero attached hydrogens (tertiary/aromatic N) is 3. The molecule has 0 aliphatic carbocycles. The van der Waals surface area contributed by atoms with E-state index in [1.807, 2.05) is 26.8 Å². The Kier molecular flexibility index (Phi) is 11.3. The lowest BCUT2D eigenvalue weighted by molar-refractivity contribution is -0.156. The fourth-order valence-corrected chi connectivity index (χ4v) is 8.38. The molecule has 15 heteroatoms. The summed E-state index contributed by atoms with van der Waals surface area (Å²) >= 11 is 6.14. The molecule has 1 N–H and O–H groups in total. The van der Waals surface area contributed by atoms with Crippen molar-refractivity contribution < 1.29 is 42.4 Å². The first-order valence-corrected chi connectivity index (χ1v) is 18.4. The van der Waals surface area contributed by atoms with Crippen LogP contribution in [0.15, 0.2) is 59.8 Å². The predicted molar refractivity (Wildman–Crippen MR) is 188 cm³/mol. The third-order valence-electron chi connectivity index (χ3n) is 9.23. The molecule has 0 radical (unpaired) electrons. The number of carbonyl (C=O) groups is 6. The van der Waals surface area contributed by atoms with E-state index in [1.54, 1.807) is 49.4 Å². The summed E-state index contributed by atoms with van der Waals surface area (Å²) in [6, 6.07) is 11.7. The van der Waals surface area contributed by atoms with Gasteiger partial charge in [0.25, 0.3) is 0 Å². The first kappa shape index (κ1) is 37.7. The molecule has 2 aromatic carbocycles. The van der Waals surface area contributed by atoms with Crippen molar-refractivity contribution in [3.63, 3.8) is 0 Å². The monoisotopic (exact) mass is 740 g/mol. The van der Waals surface area contributed by atoms with E-state index in [0.29, 0.717) is 23.4 Å². The fourth-order valence-electron chi connectivity index (χ4n) is 6.27. The minimum atomic E-state index is -1.70. The minimum absolute atomic E-state index is 0.0586. The Hall–Kier alpha value is -4.56. The summed E-state index contributed by atoms with van der Waals surface area (Å²) in [4.78, 5) is 83.3. The van der Waals surface area contributed by atoms with Crippen molar-refractivity contribution in [3.05, 3.63) is 76.5 Å². The second-order valence-electron chi connectivity index (χ2n) is 13.5. The second kappa shape index (κ2) is 15.4. The second-order valence-corrected chi connectivity index (χ2v) is 15.3. The molecule has 5 amide bonds. The highest BCUT2D eigenvalue weighted by molar-refractivity contribution is 7.86. The molecule has 0 bridgehead atoms. The van der Waals surface area contributed by atoms with Crippen LogP contribution in [0.5, 0.6) is 5.75 Å². The number of carbonyl (C=O) groups excluding carboxylic acids is 6. The van der Waals surface area contributed by atoms with Gasteiger partial charge in [0.05, 0.1) is 18.8 Å². The third kappa shape index (κ3) is 7.71. The number of hydrogen-bond donors (Lipinski definition) is 1. The Labute approximate surface area is 303 Å². The molecule has 1 unspecified atom stereocenters. The average molecular weight is 741 g/mol. The van der Waals surface area contributed by atoms with E-state index in [2.05, 4.69) is 5.32 Å². The zero-order chi connectivity index (χ0) is 37.2. The summed E-state index contributed by atoms with van der Waals surface area (Å²) in [6.45, 7) is 7.98. The van der Waals surface area contributed by atoms with Gasteiger partial charge in [-0.05, 0) is 46.7 Å². The Bertz CT molecular complexity index is 1810. The van der Waals surface area contributed by atoms with E-state index in [1.165, 1.54) is 12.0 Å². The molecule has 51 heavy (non-hydrogen) atoms. The number of likely N-dealkylation sites (N-methyl/N-ethyl adjacent to an activating group) is 1. The van der Waals surface area contributed by atoms with E-state index in [-0.39, 0.29) is 48.0 Å². The van der Waals surface area contributed by atoms with Crippen LogP contribution in [-0.4, -0.2) is 98.2 Å². The van der Waals surface area contributed by atoms with Gasteiger partial charge in [0.15, 0.2) is 5.78 Å². The van der Waals surface area contributed by atoms with Gasteiger partial charge in [-0.3, -0.25) is 33.2 Å². The van der Waals surface area contributed by atoms with Crippen LogP contribution in [0.25, 0.3) is 0 Å². The number of alkyl halides is 1. The molecular formula is C36H41ClN4O9S. The molecular weight excluding hydrogens is 700 g/mol. The number of fused-ring (bicyclic) bond motifs is 1. The van der Waals surface area contributed by atoms with E-state index in [9.17, 15) is 33.0 Å². The van der Waals surface area contributed by atoms with Gasteiger partial charge in [-0.2, -0.15) is 0 Å². The number of methoxy groups -OCH3 is 1. The van der Waals surface area contributed by atoms with Crippen LogP contribution in [0.2, 0.25) is 0 Å². The van der Waals surface area contributed by atoms with Crippen LogP contribution >= 0.6 is 11.6 Å². The van der Waals surface area contributed by atoms with Crippen LogP contribution in [0.4, 0.5) is 4.79 Å². The van der Waals surface area contributed by atoms with Gasteiger partial charge >= 0.3 is 23.8 Å². The summed E-state index contributed by atoms with van der Waals surface area (Å²) < 4.78 is 24.2. The number of β-lactam (4-membered cyclic amide) rings is 1. The Morgan fingerprint density at radius 2 is 1.75 bits per heavy atom. The highest BCUT2D eigenvalue weighted by Crippen LogP contribution is 2.42. The van der Waals surface area contributed by atoms with Crippen LogP contribution in [0, 0.1) is 5.92 Å². The Morgan fingerprint density at radius 1 is 1.04 bits per heavy atom. The van der Waals surface area contributed by atoms with Crippen LogP contribution in [-0.2, 0) is 51.5 Å². The molecule has 2 saturated heterocycles. The number of ether oxygens (including phenoxy) is 2. The lowest BCUT2D eigenvalue weighted by atomic mass is 9.83. The molecule has 0 aromatic heterocycles. The largest absolute Gasteiger partial charge is 0.497 e. The molecule has 272 valence electrons. The topological polar surface area (TPSA) is 160 Å². The van der Waals surface area contributed by atoms with Gasteiger partial charge in [0, 0.05) is 42.7 Å². The number of urea groups is 1. The minimum Gasteiger partial charge on any atom is -0.497 e. The van der Waals surface area contributed by atoms with Gasteiger partial charge in [-0.1, -0.05) is 57.2 Å². The van der Waals surface area contributed by atoms with Gasteiger partial charge in [0.2, 0.25) is 5.91 Å². The highest BCUT2D eigenvalue weighted by atomic mass is 35.5. The standard InChI is InChI=1S/C36H41ClN4O9S/c1-6-39-14-15-40(32(45)31(39)44)35(47)38-28(22-8-7-9-24(16-22)36(2,3)4)27(42)17-26-30(43)41-29(23(18-37)20-51(48)33(26)41)34(46)50-19-21-10-12-25(49-5)13-11-21/h7-13,16,26,28,33H,6,14-15,17-20H2,1-5H3,(H,38,47)/t26-,28-,33-,51?/m1/s1. The number of hydrogen-bond acceptors (Lipinski definition) is 9. The maximum Gasteiger partial charge on any atom is 0.355 e. The maximum atomic E-state index is 14.1. The van der Waals surface area contributed by atoms with E-state index < -0.39 is 70.1 Å². The molecule has 5 rings (SSSR count). The van der Waals surface area contributed by atoms with E-state index in [4.69, 9.17) is 21.1 Å². The zero-order valence-corrected chi connectivity index (χ0v) is 30.7. The number of amides is 5. The first-order valence-electron chi connectivity index (χ1n) is 16.5. The molecule has 2 fully saturated rings. The number of esters is 1. The van der Waals surface area contributed by atoms with E-state index >= 15 is 0 Å². The lowest BCUT2D eigenvalue weighted by Crippen LogP contribution is -2.66. The predicted octanol–water partition coefficient (Wildman–Crippen LogP) is 3.18. The van der Waals surface area contributed by atoms with Crippen LogP contribution < -0.4 is 10.1 Å². The summed E-state index contributed by atoms with van der Waals surface area (Å²) in [6.07, 6.45) is -0.419. The number of imide groups is 1. The number of halogens is 1. The van der Waals surface area contributed by atoms with Gasteiger partial charge in [-0.15, -0.1) is 11.6 Å². The molecule has 0 saturated carbocycles. The number of benzene rings is 2. The van der Waals surface area contributed by atoms with Crippen molar-refractivity contribution >= 4 is 57.9 Å². The van der Waals surface area contributed by atoms with Crippen molar-refractivity contribution in [2.75, 3.05) is 38.4 Å². The molecule has 2 aromatic rings. The highest BCUT2D eigenvalue weighted by Gasteiger charge is 2.57. The van der Waals surface area contributed by atoms with Gasteiger partial charge in [0.1, 0.15) is 29.5 Å². The Balaban J connectivity index is 1.37. The summed E-state index contributed by atoms with van der Waals surface area (Å²) in [5, 5.41) is 1.63. The third-order valence-corrected chi connectivity index (χ3v) is 11.3. The molecule has 3 heterocycles. The van der Waals surface area contributed by atoms with E-state index in [0.717, 1.165) is 15.4 Å². The van der Waals surface area contributed by atoms with Crippen molar-refractivity contribution in [2.24, 2.45) is 5.92 Å². The lowest BCUT2D eigenvalue weighted by Gasteiger charge is -2.49. The molecule has 3 aliphatic rings. The van der Waals surface area contributed by atoms with Crippen molar-refractivity contribution in [3.8, 4) is 5.75 Å². The van der Waals surface area contributed by atoms with Gasteiger partial charge in [-0.25, -0.2) is 9.59 Å². The SMILES string of the molecule is CCN1CCN(C(=O)N[C@@H](C(=O)C[C@@H]2C(=O)N3C(C(=O)OCc4ccc(OC)cc4)=C(CCl)CS(=O)[C@H]23)c2cccc(C(C)(C)C)c2)C(=O)C1=O. The average Bonchev–Trinajstić information content (AvgIpc) is 3.12. The number of nitrogens with one attached hydrogen (secondary N) is 1. The molecule has 0 spiro atoms. The van der Waals surface area contributed by atoms with Crippen LogP contribution in [0.3, 0.4) is 0 Å². The number of piperazine rings is 1. The maximum absolute atomic E-state index is 14.1. The Morgan fingerprint density at radius 3 is 2.37 bits per heavy atom. The van der Waals surface area contributed by atoms with Crippen LogP contribution in [0.1, 0.15) is 56.8 Å². The molecule has 13 nitrogen and oxygen atoms in total. The van der Waals surface area contributed by atoms with Crippen molar-refractivity contribution in [1.82, 2.24) is 20.0 Å².